The summed E-state index contributed by atoms with van der Waals surface area (Å²) < 4.78 is 70.7. The van der Waals surface area contributed by atoms with Crippen LogP contribution in [0.5, 0.6) is 0 Å². The predicted molar refractivity (Wildman–Crippen MR) is 89.5 cm³/mol. The average Bonchev–Trinajstić information content (AvgIpc) is 2.75. The zero-order chi connectivity index (χ0) is 21.5. The molecule has 1 aliphatic heterocycles. The third-order valence-corrected chi connectivity index (χ3v) is 3.74. The first-order valence-electron chi connectivity index (χ1n) is 8.51. The topological polar surface area (TPSA) is 78.6 Å². The van der Waals surface area contributed by atoms with Gasteiger partial charge in [0.2, 0.25) is 5.91 Å². The number of rotatable bonds is 4. The molecule has 1 heterocycles. The maximum Gasteiger partial charge on any atom is 0.386 e. The first kappa shape index (κ1) is 24.2. The van der Waals surface area contributed by atoms with Crippen molar-refractivity contribution in [2.45, 2.75) is 44.6 Å². The fraction of sp³-hybridized carbons (Fsp3) is 0.588. The van der Waals surface area contributed by atoms with Crippen molar-refractivity contribution in [1.82, 2.24) is 10.2 Å². The number of carbonyl (C=O) groups excluding carboxylic acids is 1. The molecule has 1 saturated heterocycles. The Bertz CT molecular complexity index is 651. The smallest absolute Gasteiger partial charge is 0.377 e. The zero-order valence-corrected chi connectivity index (χ0v) is 15.2. The number of hydrogen-bond acceptors (Lipinski definition) is 4. The van der Waals surface area contributed by atoms with Crippen molar-refractivity contribution in [3.05, 3.63) is 35.1 Å². The van der Waals surface area contributed by atoms with Gasteiger partial charge in [0.05, 0.1) is 6.54 Å². The highest BCUT2D eigenvalue weighted by molar-refractivity contribution is 5.77. The minimum atomic E-state index is -4.00. The first-order valence-corrected chi connectivity index (χ1v) is 8.51. The number of hydrogen-bond donors (Lipinski definition) is 3. The molecule has 0 aromatic heterocycles. The summed E-state index contributed by atoms with van der Waals surface area (Å²) in [6.07, 6.45) is -4.23. The summed E-state index contributed by atoms with van der Waals surface area (Å²) in [5, 5.41) is 12.5. The molecule has 28 heavy (non-hydrogen) atoms. The monoisotopic (exact) mass is 415 g/mol. The van der Waals surface area contributed by atoms with E-state index < -0.39 is 35.9 Å². The van der Waals surface area contributed by atoms with Gasteiger partial charge in [0.15, 0.2) is 11.6 Å². The van der Waals surface area contributed by atoms with Crippen LogP contribution in [0.2, 0.25) is 0 Å². The summed E-state index contributed by atoms with van der Waals surface area (Å²) in [4.78, 5) is 13.7. The van der Waals surface area contributed by atoms with Gasteiger partial charge in [-0.05, 0) is 31.0 Å². The quantitative estimate of drug-likeness (QED) is 0.520. The molecule has 1 aromatic carbocycles. The minimum Gasteiger partial charge on any atom is -0.377 e. The molecule has 0 spiro atoms. The number of halogens is 6. The maximum absolute atomic E-state index is 13.6. The Hall–Kier alpha value is -1.85. The van der Waals surface area contributed by atoms with Gasteiger partial charge in [-0.25, -0.2) is 13.2 Å². The van der Waals surface area contributed by atoms with Crippen LogP contribution in [-0.2, 0) is 11.2 Å². The van der Waals surface area contributed by atoms with Crippen LogP contribution in [0.4, 0.5) is 26.3 Å². The van der Waals surface area contributed by atoms with Crippen LogP contribution in [0, 0.1) is 17.5 Å². The summed E-state index contributed by atoms with van der Waals surface area (Å²) in [6.45, 7) is 1.45. The molecule has 1 amide bonds. The second kappa shape index (κ2) is 10.6. The van der Waals surface area contributed by atoms with E-state index in [1.54, 1.807) is 0 Å². The summed E-state index contributed by atoms with van der Waals surface area (Å²) >= 11 is 0. The SMILES string of the molecule is CC(F)(F)F.N[C@@H](CC(=O)N1CCCNC(O)C1)Cc1cc(F)c(F)cc1F. The number of aliphatic hydroxyl groups excluding tert-OH is 1. The summed E-state index contributed by atoms with van der Waals surface area (Å²) in [7, 11) is 0. The fourth-order valence-corrected chi connectivity index (χ4v) is 2.56. The van der Waals surface area contributed by atoms with E-state index in [4.69, 9.17) is 5.73 Å². The van der Waals surface area contributed by atoms with E-state index in [0.29, 0.717) is 25.6 Å². The minimum absolute atomic E-state index is 0.0643. The molecule has 1 unspecified atom stereocenters. The van der Waals surface area contributed by atoms with Crippen LogP contribution < -0.4 is 11.1 Å². The number of carbonyl (C=O) groups is 1. The largest absolute Gasteiger partial charge is 0.386 e. The van der Waals surface area contributed by atoms with Crippen molar-refractivity contribution in [1.29, 1.82) is 0 Å². The molecule has 0 radical (unpaired) electrons. The van der Waals surface area contributed by atoms with Gasteiger partial charge in [-0.15, -0.1) is 0 Å². The van der Waals surface area contributed by atoms with Crippen molar-refractivity contribution in [2.75, 3.05) is 19.6 Å². The second-order valence-corrected chi connectivity index (χ2v) is 6.47. The molecule has 0 saturated carbocycles. The van der Waals surface area contributed by atoms with E-state index in [2.05, 4.69) is 5.32 Å². The third kappa shape index (κ3) is 9.38. The third-order valence-electron chi connectivity index (χ3n) is 3.74. The lowest BCUT2D eigenvalue weighted by atomic mass is 10.0. The van der Waals surface area contributed by atoms with E-state index in [1.807, 2.05) is 0 Å². The van der Waals surface area contributed by atoms with E-state index in [1.165, 1.54) is 4.90 Å². The Labute approximate surface area is 158 Å². The fourth-order valence-electron chi connectivity index (χ4n) is 2.56. The van der Waals surface area contributed by atoms with Gasteiger partial charge in [0, 0.05) is 32.0 Å². The van der Waals surface area contributed by atoms with Gasteiger partial charge >= 0.3 is 6.18 Å². The number of nitrogens with two attached hydrogens (primary N) is 1. The van der Waals surface area contributed by atoms with Crippen molar-refractivity contribution in [2.24, 2.45) is 5.73 Å². The molecule has 5 nitrogen and oxygen atoms in total. The highest BCUT2D eigenvalue weighted by Crippen LogP contribution is 2.16. The Morgan fingerprint density at radius 1 is 1.29 bits per heavy atom. The van der Waals surface area contributed by atoms with E-state index >= 15 is 0 Å². The molecule has 1 aromatic rings. The molecule has 2 rings (SSSR count). The number of aliphatic hydroxyl groups is 1. The number of alkyl halides is 3. The van der Waals surface area contributed by atoms with Crippen LogP contribution in [0.3, 0.4) is 0 Å². The lowest BCUT2D eigenvalue weighted by Crippen LogP contribution is -2.42. The van der Waals surface area contributed by atoms with E-state index in [-0.39, 0.29) is 37.8 Å². The van der Waals surface area contributed by atoms with Crippen LogP contribution >= 0.6 is 0 Å². The molecule has 4 N–H and O–H groups in total. The number of β-amino-alcohol motifs (C(OH)–C–C–N with tert-alkyl or cyclic N) is 1. The van der Waals surface area contributed by atoms with Gasteiger partial charge in [-0.1, -0.05) is 0 Å². The van der Waals surface area contributed by atoms with Gasteiger partial charge < -0.3 is 15.7 Å². The molecule has 1 fully saturated rings. The Morgan fingerprint density at radius 3 is 2.46 bits per heavy atom. The predicted octanol–water partition coefficient (Wildman–Crippen LogP) is 2.07. The summed E-state index contributed by atoms with van der Waals surface area (Å²) in [5.41, 5.74) is 5.77. The number of amides is 1. The number of benzene rings is 1. The Balaban J connectivity index is 0.000000696. The molecule has 2 atom stereocenters. The van der Waals surface area contributed by atoms with E-state index in [9.17, 15) is 36.2 Å². The van der Waals surface area contributed by atoms with Crippen LogP contribution in [-0.4, -0.2) is 54.0 Å². The first-order chi connectivity index (χ1) is 12.9. The van der Waals surface area contributed by atoms with Crippen molar-refractivity contribution >= 4 is 5.91 Å². The highest BCUT2D eigenvalue weighted by atomic mass is 19.4. The number of nitrogens with one attached hydrogen (secondary N) is 1. The second-order valence-electron chi connectivity index (χ2n) is 6.47. The molecule has 11 heteroatoms. The maximum atomic E-state index is 13.6. The molecule has 160 valence electrons. The molecule has 0 aliphatic carbocycles. The highest BCUT2D eigenvalue weighted by Gasteiger charge is 2.22. The van der Waals surface area contributed by atoms with Gasteiger partial charge in [-0.3, -0.25) is 10.1 Å². The zero-order valence-electron chi connectivity index (χ0n) is 15.2. The summed E-state index contributed by atoms with van der Waals surface area (Å²) in [6, 6.07) is 0.500. The molecule has 1 aliphatic rings. The van der Waals surface area contributed by atoms with Gasteiger partial charge in [0.25, 0.3) is 0 Å². The number of nitrogens with zero attached hydrogens (tertiary/aromatic N) is 1. The van der Waals surface area contributed by atoms with E-state index in [0.717, 1.165) is 6.07 Å². The van der Waals surface area contributed by atoms with Gasteiger partial charge in [-0.2, -0.15) is 13.2 Å². The molecular weight excluding hydrogens is 392 g/mol. The van der Waals surface area contributed by atoms with Crippen molar-refractivity contribution in [3.8, 4) is 0 Å². The molecular formula is C17H23F6N3O2. The van der Waals surface area contributed by atoms with Gasteiger partial charge in [0.1, 0.15) is 12.0 Å². The van der Waals surface area contributed by atoms with Crippen LogP contribution in [0.15, 0.2) is 12.1 Å². The standard InChI is InChI=1S/C15H20F3N3O2.C2H3F3/c16-11-7-13(18)12(17)5-9(11)4-10(19)6-15(23)21-3-1-2-20-14(22)8-21;1-2(3,4)5/h5,7,10,14,20,22H,1-4,6,8,19H2;1H3/t10-,14?;/m1./s1. The average molecular weight is 415 g/mol. The lowest BCUT2D eigenvalue weighted by molar-refractivity contribution is -0.132. The normalized spacial score (nSPS) is 18.8. The Kier molecular flexibility index (Phi) is 9.18. The van der Waals surface area contributed by atoms with Crippen molar-refractivity contribution < 1.29 is 36.2 Å². The molecule has 0 bridgehead atoms. The van der Waals surface area contributed by atoms with Crippen LogP contribution in [0.1, 0.15) is 25.3 Å². The van der Waals surface area contributed by atoms with Crippen molar-refractivity contribution in [3.63, 3.8) is 0 Å². The Morgan fingerprint density at radius 2 is 1.86 bits per heavy atom. The van der Waals surface area contributed by atoms with Crippen LogP contribution in [0.25, 0.3) is 0 Å². The lowest BCUT2D eigenvalue weighted by Gasteiger charge is -2.23. The summed E-state index contributed by atoms with van der Waals surface area (Å²) in [5.74, 6) is -3.56.